The van der Waals surface area contributed by atoms with Crippen LogP contribution in [0, 0.1) is 5.92 Å². The van der Waals surface area contributed by atoms with Crippen molar-refractivity contribution in [3.8, 4) is 0 Å². The summed E-state index contributed by atoms with van der Waals surface area (Å²) in [5.41, 5.74) is 0.114. The predicted molar refractivity (Wildman–Crippen MR) is 140 cm³/mol. The molecule has 3 atom stereocenters. The van der Waals surface area contributed by atoms with Crippen molar-refractivity contribution < 1.29 is 23.9 Å². The van der Waals surface area contributed by atoms with Gasteiger partial charge in [-0.15, -0.1) is 0 Å². The minimum Gasteiger partial charge on any atom is -0.444 e. The molecule has 9 nitrogen and oxygen atoms in total. The Morgan fingerprint density at radius 2 is 1.42 bits per heavy atom. The first kappa shape index (κ1) is 30.9. The molecule has 0 saturated heterocycles. The number of likely N-dealkylation sites (N-methyl/N-ethyl adjacent to an activating group) is 1. The van der Waals surface area contributed by atoms with E-state index >= 15 is 0 Å². The van der Waals surface area contributed by atoms with Crippen molar-refractivity contribution in [3.05, 3.63) is 35.9 Å². The van der Waals surface area contributed by atoms with E-state index in [2.05, 4.69) is 21.3 Å². The van der Waals surface area contributed by atoms with E-state index in [1.807, 2.05) is 58.0 Å². The fourth-order valence-electron chi connectivity index (χ4n) is 3.61. The Labute approximate surface area is 215 Å². The minimum atomic E-state index is -0.959. The van der Waals surface area contributed by atoms with Crippen LogP contribution >= 0.6 is 0 Å². The molecule has 1 rings (SSSR count). The van der Waals surface area contributed by atoms with Gasteiger partial charge in [0.25, 0.3) is 0 Å². The maximum absolute atomic E-state index is 13.4. The van der Waals surface area contributed by atoms with Crippen molar-refractivity contribution in [2.45, 2.75) is 97.9 Å². The van der Waals surface area contributed by atoms with Crippen LogP contribution in [0.2, 0.25) is 0 Å². The number of hydrogen-bond acceptors (Lipinski definition) is 5. The van der Waals surface area contributed by atoms with Gasteiger partial charge in [-0.2, -0.15) is 0 Å². The van der Waals surface area contributed by atoms with Crippen LogP contribution in [0.5, 0.6) is 0 Å². The lowest BCUT2D eigenvalue weighted by Gasteiger charge is -2.27. The van der Waals surface area contributed by atoms with E-state index in [9.17, 15) is 19.2 Å². The van der Waals surface area contributed by atoms with Crippen LogP contribution in [-0.4, -0.2) is 54.1 Å². The van der Waals surface area contributed by atoms with E-state index in [0.717, 1.165) is 5.56 Å². The van der Waals surface area contributed by atoms with E-state index in [-0.39, 0.29) is 18.2 Å². The highest BCUT2D eigenvalue weighted by Gasteiger charge is 2.31. The first-order valence-electron chi connectivity index (χ1n) is 12.8. The van der Waals surface area contributed by atoms with Crippen molar-refractivity contribution in [1.29, 1.82) is 0 Å². The smallest absolute Gasteiger partial charge is 0.408 e. The van der Waals surface area contributed by atoms with Gasteiger partial charge in [0.1, 0.15) is 23.7 Å². The Morgan fingerprint density at radius 3 is 1.94 bits per heavy atom. The number of nitrogens with one attached hydrogen (secondary N) is 4. The Hall–Kier alpha value is -3.10. The van der Waals surface area contributed by atoms with Crippen LogP contribution in [-0.2, 0) is 25.5 Å². The maximum atomic E-state index is 13.4. The van der Waals surface area contributed by atoms with E-state index in [1.165, 1.54) is 0 Å². The van der Waals surface area contributed by atoms with Gasteiger partial charge in [-0.25, -0.2) is 4.79 Å². The number of amides is 4. The molecular weight excluding hydrogens is 460 g/mol. The highest BCUT2D eigenvalue weighted by atomic mass is 16.6. The number of ether oxygens (including phenoxy) is 1. The molecule has 0 fully saturated rings. The zero-order chi connectivity index (χ0) is 27.3. The molecule has 36 heavy (non-hydrogen) atoms. The van der Waals surface area contributed by atoms with Gasteiger partial charge in [0, 0.05) is 13.0 Å². The van der Waals surface area contributed by atoms with Crippen molar-refractivity contribution >= 4 is 23.8 Å². The molecule has 0 radical (unpaired) electrons. The number of hydrogen-bond donors (Lipinski definition) is 4. The van der Waals surface area contributed by atoms with E-state index in [4.69, 9.17) is 4.74 Å². The van der Waals surface area contributed by atoms with Crippen molar-refractivity contribution in [1.82, 2.24) is 21.3 Å². The maximum Gasteiger partial charge on any atom is 0.408 e. The molecule has 202 valence electrons. The monoisotopic (exact) mass is 504 g/mol. The molecule has 4 N–H and O–H groups in total. The third kappa shape index (κ3) is 12.0. The molecule has 0 saturated carbocycles. The van der Waals surface area contributed by atoms with Crippen molar-refractivity contribution in [2.24, 2.45) is 5.92 Å². The van der Waals surface area contributed by atoms with Crippen LogP contribution < -0.4 is 21.3 Å². The first-order valence-corrected chi connectivity index (χ1v) is 12.8. The Bertz CT molecular complexity index is 851. The summed E-state index contributed by atoms with van der Waals surface area (Å²) >= 11 is 0. The number of rotatable bonds is 13. The van der Waals surface area contributed by atoms with Gasteiger partial charge in [0.15, 0.2) is 0 Å². The van der Waals surface area contributed by atoms with Gasteiger partial charge < -0.3 is 26.0 Å². The highest BCUT2D eigenvalue weighted by Crippen LogP contribution is 2.11. The Morgan fingerprint density at radius 1 is 0.833 bits per heavy atom. The molecule has 9 heteroatoms. The summed E-state index contributed by atoms with van der Waals surface area (Å²) in [4.78, 5) is 51.4. The number of alkyl carbamates (subject to hydrolysis) is 1. The van der Waals surface area contributed by atoms with Gasteiger partial charge in [-0.1, -0.05) is 57.5 Å². The predicted octanol–water partition coefficient (Wildman–Crippen LogP) is 3.07. The zero-order valence-corrected chi connectivity index (χ0v) is 22.8. The molecule has 1 aromatic carbocycles. The van der Waals surface area contributed by atoms with Gasteiger partial charge in [-0.3, -0.25) is 14.4 Å². The zero-order valence-electron chi connectivity index (χ0n) is 22.8. The van der Waals surface area contributed by atoms with Crippen LogP contribution in [0.1, 0.15) is 73.3 Å². The molecule has 0 spiro atoms. The normalized spacial score (nSPS) is 13.8. The lowest BCUT2D eigenvalue weighted by atomic mass is 10.0. The van der Waals surface area contributed by atoms with Crippen LogP contribution in [0.15, 0.2) is 30.3 Å². The van der Waals surface area contributed by atoms with E-state index in [0.29, 0.717) is 25.8 Å². The second-order valence-electron chi connectivity index (χ2n) is 10.3. The third-order valence-corrected chi connectivity index (χ3v) is 5.19. The second kappa shape index (κ2) is 15.1. The molecule has 0 aliphatic heterocycles. The number of carbonyl (C=O) groups excluding carboxylic acids is 4. The quantitative estimate of drug-likeness (QED) is 0.329. The molecule has 1 aromatic rings. The minimum absolute atomic E-state index is 0.0986. The summed E-state index contributed by atoms with van der Waals surface area (Å²) in [5.74, 6) is -1.09. The van der Waals surface area contributed by atoms with E-state index in [1.54, 1.807) is 20.8 Å². The molecule has 0 bridgehead atoms. The number of carbonyl (C=O) groups is 4. The molecule has 0 aliphatic carbocycles. The lowest BCUT2D eigenvalue weighted by Crippen LogP contribution is -2.57. The standard InChI is InChI=1S/C27H44N4O5/c1-8-13-20(23(32)28-9-2)29-24(33)21(16-18(3)4)30-25(34)22(17-19-14-11-10-12-15-19)31-26(35)36-27(5,6)7/h10-12,14-15,18,20-22H,8-9,13,16-17H2,1-7H3,(H,28,32)(H,29,33)(H,30,34)(H,31,35)/t20-,21-,22-/m0/s1. The largest absolute Gasteiger partial charge is 0.444 e. The third-order valence-electron chi connectivity index (χ3n) is 5.19. The van der Waals surface area contributed by atoms with Crippen LogP contribution in [0.4, 0.5) is 4.79 Å². The van der Waals surface area contributed by atoms with Crippen molar-refractivity contribution in [3.63, 3.8) is 0 Å². The van der Waals surface area contributed by atoms with E-state index < -0.39 is 41.6 Å². The fraction of sp³-hybridized carbons (Fsp3) is 0.630. The average Bonchev–Trinajstić information content (AvgIpc) is 2.77. The first-order chi connectivity index (χ1) is 16.9. The summed E-state index contributed by atoms with van der Waals surface area (Å²) in [6.45, 7) is 13.3. The molecule has 0 unspecified atom stereocenters. The molecule has 4 amide bonds. The Kier molecular flexibility index (Phi) is 13.0. The van der Waals surface area contributed by atoms with Gasteiger partial charge in [-0.05, 0) is 52.0 Å². The fourth-order valence-corrected chi connectivity index (χ4v) is 3.61. The molecule has 0 aromatic heterocycles. The van der Waals surface area contributed by atoms with Crippen LogP contribution in [0.3, 0.4) is 0 Å². The number of benzene rings is 1. The highest BCUT2D eigenvalue weighted by molar-refractivity contribution is 5.94. The topological polar surface area (TPSA) is 126 Å². The van der Waals surface area contributed by atoms with Crippen molar-refractivity contribution in [2.75, 3.05) is 6.54 Å². The molecular formula is C27H44N4O5. The van der Waals surface area contributed by atoms with Crippen LogP contribution in [0.25, 0.3) is 0 Å². The van der Waals surface area contributed by atoms with Gasteiger partial charge >= 0.3 is 6.09 Å². The molecule has 0 heterocycles. The summed E-state index contributed by atoms with van der Waals surface area (Å²) in [6.07, 6.45) is 1.07. The lowest BCUT2D eigenvalue weighted by molar-refractivity contribution is -0.133. The van der Waals surface area contributed by atoms with Gasteiger partial charge in [0.2, 0.25) is 17.7 Å². The second-order valence-corrected chi connectivity index (χ2v) is 10.3. The van der Waals surface area contributed by atoms with Gasteiger partial charge in [0.05, 0.1) is 0 Å². The average molecular weight is 505 g/mol. The summed E-state index contributed by atoms with van der Waals surface area (Å²) in [7, 11) is 0. The summed E-state index contributed by atoms with van der Waals surface area (Å²) in [6, 6.07) is 6.76. The molecule has 0 aliphatic rings. The SMILES string of the molecule is CCC[C@H](NC(=O)[C@H](CC(C)C)NC(=O)[C@H](Cc1ccccc1)NC(=O)OC(C)(C)C)C(=O)NCC. The summed E-state index contributed by atoms with van der Waals surface area (Å²) in [5, 5.41) is 11.0. The summed E-state index contributed by atoms with van der Waals surface area (Å²) < 4.78 is 5.35. The Balaban J connectivity index is 3.08.